The zero-order valence-corrected chi connectivity index (χ0v) is 16.3. The molecule has 0 aliphatic carbocycles. The van der Waals surface area contributed by atoms with Crippen molar-refractivity contribution in [3.05, 3.63) is 29.3 Å². The predicted molar refractivity (Wildman–Crippen MR) is 99.7 cm³/mol. The Morgan fingerprint density at radius 1 is 1.15 bits per heavy atom. The average Bonchev–Trinajstić information content (AvgIpc) is 3.04. The summed E-state index contributed by atoms with van der Waals surface area (Å²) in [5, 5.41) is 0. The highest BCUT2D eigenvalue weighted by Crippen LogP contribution is 2.31. The first kappa shape index (κ1) is 18.7. The Labute approximate surface area is 154 Å². The van der Waals surface area contributed by atoms with Gasteiger partial charge in [-0.05, 0) is 43.0 Å². The number of anilines is 1. The van der Waals surface area contributed by atoms with E-state index in [1.165, 1.54) is 10.6 Å². The van der Waals surface area contributed by atoms with Gasteiger partial charge in [0, 0.05) is 45.2 Å². The van der Waals surface area contributed by atoms with E-state index in [2.05, 4.69) is 0 Å². The molecule has 0 aromatic heterocycles. The van der Waals surface area contributed by atoms with Crippen molar-refractivity contribution in [2.45, 2.75) is 32.2 Å². The van der Waals surface area contributed by atoms with Crippen LogP contribution < -0.4 is 4.31 Å². The van der Waals surface area contributed by atoms with Gasteiger partial charge in [0.05, 0.1) is 11.9 Å². The molecule has 2 aliphatic heterocycles. The van der Waals surface area contributed by atoms with Gasteiger partial charge in [-0.2, -0.15) is 0 Å². The highest BCUT2D eigenvalue weighted by molar-refractivity contribution is 7.92. The lowest BCUT2D eigenvalue weighted by Crippen LogP contribution is -2.46. The fourth-order valence-electron chi connectivity index (χ4n) is 3.74. The van der Waals surface area contributed by atoms with Crippen LogP contribution in [0, 0.1) is 0 Å². The summed E-state index contributed by atoms with van der Waals surface area (Å²) >= 11 is 0. The van der Waals surface area contributed by atoms with Crippen LogP contribution in [0.4, 0.5) is 5.69 Å². The van der Waals surface area contributed by atoms with Gasteiger partial charge in [-0.1, -0.05) is 0 Å². The molecule has 2 heterocycles. The van der Waals surface area contributed by atoms with Crippen molar-refractivity contribution >= 4 is 27.5 Å². The number of fused-ring (bicyclic) bond motifs is 1. The van der Waals surface area contributed by atoms with E-state index in [0.717, 1.165) is 18.4 Å². The van der Waals surface area contributed by atoms with Crippen molar-refractivity contribution < 1.29 is 18.0 Å². The number of rotatable bonds is 3. The third kappa shape index (κ3) is 3.56. The van der Waals surface area contributed by atoms with Crippen LogP contribution in [0.5, 0.6) is 0 Å². The van der Waals surface area contributed by atoms with E-state index in [0.29, 0.717) is 37.3 Å². The molecular formula is C18H25N3O4S. The fourth-order valence-corrected chi connectivity index (χ4v) is 4.70. The minimum atomic E-state index is -3.29. The molecule has 0 bridgehead atoms. The Kier molecular flexibility index (Phi) is 4.96. The van der Waals surface area contributed by atoms with Gasteiger partial charge < -0.3 is 9.80 Å². The highest BCUT2D eigenvalue weighted by atomic mass is 32.2. The van der Waals surface area contributed by atoms with Gasteiger partial charge in [0.2, 0.25) is 15.9 Å². The number of sulfonamides is 1. The van der Waals surface area contributed by atoms with Crippen molar-refractivity contribution in [2.24, 2.45) is 0 Å². The monoisotopic (exact) mass is 379 g/mol. The second-order valence-electron chi connectivity index (χ2n) is 7.08. The maximum atomic E-state index is 12.8. The minimum Gasteiger partial charge on any atom is -0.343 e. The smallest absolute Gasteiger partial charge is 0.253 e. The third-order valence-corrected chi connectivity index (χ3v) is 6.56. The quantitative estimate of drug-likeness (QED) is 0.788. The molecule has 0 saturated carbocycles. The lowest BCUT2D eigenvalue weighted by Gasteiger charge is -2.36. The number of hydrogen-bond acceptors (Lipinski definition) is 4. The van der Waals surface area contributed by atoms with Crippen molar-refractivity contribution in [1.82, 2.24) is 9.80 Å². The Bertz CT molecular complexity index is 829. The van der Waals surface area contributed by atoms with E-state index >= 15 is 0 Å². The number of likely N-dealkylation sites (tertiary alicyclic amines) is 1. The number of hydrogen-bond donors (Lipinski definition) is 0. The first-order valence-electron chi connectivity index (χ1n) is 8.82. The average molecular weight is 379 g/mol. The summed E-state index contributed by atoms with van der Waals surface area (Å²) in [6.45, 7) is 3.22. The molecule has 8 heteroatoms. The van der Waals surface area contributed by atoms with Crippen molar-refractivity contribution in [3.8, 4) is 0 Å². The molecule has 1 aromatic carbocycles. The Balaban J connectivity index is 1.70. The first-order chi connectivity index (χ1) is 12.2. The van der Waals surface area contributed by atoms with Crippen molar-refractivity contribution in [3.63, 3.8) is 0 Å². The maximum absolute atomic E-state index is 12.8. The van der Waals surface area contributed by atoms with E-state index in [9.17, 15) is 18.0 Å². The molecule has 2 amide bonds. The van der Waals surface area contributed by atoms with Crippen LogP contribution >= 0.6 is 0 Å². The van der Waals surface area contributed by atoms with Crippen LogP contribution in [-0.4, -0.2) is 69.0 Å². The number of amides is 2. The van der Waals surface area contributed by atoms with Gasteiger partial charge in [0.25, 0.3) is 5.91 Å². The summed E-state index contributed by atoms with van der Waals surface area (Å²) in [6.07, 6.45) is 3.36. The van der Waals surface area contributed by atoms with Gasteiger partial charge in [0.15, 0.2) is 0 Å². The highest BCUT2D eigenvalue weighted by Gasteiger charge is 2.29. The molecule has 0 spiro atoms. The van der Waals surface area contributed by atoms with E-state index in [-0.39, 0.29) is 17.9 Å². The largest absolute Gasteiger partial charge is 0.343 e. The Morgan fingerprint density at radius 2 is 1.81 bits per heavy atom. The molecule has 1 saturated heterocycles. The van der Waals surface area contributed by atoms with E-state index in [1.54, 1.807) is 31.0 Å². The summed E-state index contributed by atoms with van der Waals surface area (Å²) in [5.74, 6) is 0.0124. The number of benzene rings is 1. The van der Waals surface area contributed by atoms with Gasteiger partial charge in [0.1, 0.15) is 0 Å². The number of carbonyl (C=O) groups is 2. The van der Waals surface area contributed by atoms with Gasteiger partial charge in [-0.15, -0.1) is 0 Å². The van der Waals surface area contributed by atoms with Gasteiger partial charge >= 0.3 is 0 Å². The zero-order valence-electron chi connectivity index (χ0n) is 15.4. The lowest BCUT2D eigenvalue weighted by atomic mass is 10.0. The number of carbonyl (C=O) groups excluding carboxylic acids is 2. The topological polar surface area (TPSA) is 78.0 Å². The summed E-state index contributed by atoms with van der Waals surface area (Å²) in [5.41, 5.74) is 2.16. The molecule has 2 aliphatic rings. The van der Waals surface area contributed by atoms with E-state index in [1.807, 2.05) is 11.0 Å². The lowest BCUT2D eigenvalue weighted by molar-refractivity contribution is -0.130. The number of piperidine rings is 1. The summed E-state index contributed by atoms with van der Waals surface area (Å²) in [7, 11) is -1.48. The van der Waals surface area contributed by atoms with Crippen LogP contribution in [0.1, 0.15) is 35.7 Å². The molecule has 7 nitrogen and oxygen atoms in total. The van der Waals surface area contributed by atoms with Gasteiger partial charge in [-0.25, -0.2) is 8.42 Å². The number of nitrogens with zero attached hydrogens (tertiary/aromatic N) is 3. The van der Waals surface area contributed by atoms with E-state index in [4.69, 9.17) is 0 Å². The van der Waals surface area contributed by atoms with Crippen LogP contribution in [-0.2, 0) is 21.2 Å². The summed E-state index contributed by atoms with van der Waals surface area (Å²) in [4.78, 5) is 27.8. The van der Waals surface area contributed by atoms with E-state index < -0.39 is 10.0 Å². The molecular weight excluding hydrogens is 354 g/mol. The standard InChI is InChI=1S/C18H25N3O4S/c1-13(22)19(2)16-7-9-20(10-8-16)18(23)15-4-5-17-14(12-15)6-11-21(17)26(3,24)25/h4-5,12,16H,6-11H2,1-3H3. The van der Waals surface area contributed by atoms with Crippen molar-refractivity contribution in [2.75, 3.05) is 37.2 Å². The van der Waals surface area contributed by atoms with Crippen LogP contribution in [0.15, 0.2) is 18.2 Å². The predicted octanol–water partition coefficient (Wildman–Crippen LogP) is 1.09. The van der Waals surface area contributed by atoms with Crippen molar-refractivity contribution in [1.29, 1.82) is 0 Å². The zero-order chi connectivity index (χ0) is 19.1. The normalized spacial score (nSPS) is 18.0. The molecule has 142 valence electrons. The van der Waals surface area contributed by atoms with Crippen LogP contribution in [0.25, 0.3) is 0 Å². The molecule has 1 aromatic rings. The summed E-state index contributed by atoms with van der Waals surface area (Å²) < 4.78 is 25.0. The molecule has 0 radical (unpaired) electrons. The Morgan fingerprint density at radius 3 is 2.38 bits per heavy atom. The molecule has 0 atom stereocenters. The SMILES string of the molecule is CC(=O)N(C)C1CCN(C(=O)c2ccc3c(c2)CCN3S(C)(=O)=O)CC1. The Hall–Kier alpha value is -2.09. The first-order valence-corrected chi connectivity index (χ1v) is 10.7. The molecule has 26 heavy (non-hydrogen) atoms. The fraction of sp³-hybridized carbons (Fsp3) is 0.556. The van der Waals surface area contributed by atoms with Crippen LogP contribution in [0.2, 0.25) is 0 Å². The second-order valence-corrected chi connectivity index (χ2v) is 8.99. The minimum absolute atomic E-state index is 0.0328. The maximum Gasteiger partial charge on any atom is 0.253 e. The second kappa shape index (κ2) is 6.90. The molecule has 0 N–H and O–H groups in total. The molecule has 0 unspecified atom stereocenters. The third-order valence-electron chi connectivity index (χ3n) is 5.38. The molecule has 3 rings (SSSR count). The molecule has 1 fully saturated rings. The van der Waals surface area contributed by atoms with Gasteiger partial charge in [-0.3, -0.25) is 13.9 Å². The van der Waals surface area contributed by atoms with Crippen LogP contribution in [0.3, 0.4) is 0 Å². The summed E-state index contributed by atoms with van der Waals surface area (Å²) in [6, 6.07) is 5.43.